The third-order valence-corrected chi connectivity index (χ3v) is 6.03. The molecule has 2 aliphatic rings. The Morgan fingerprint density at radius 1 is 1.13 bits per heavy atom. The molecule has 30 heavy (non-hydrogen) atoms. The van der Waals surface area contributed by atoms with Gasteiger partial charge >= 0.3 is 5.97 Å². The second-order valence-electron chi connectivity index (χ2n) is 7.62. The summed E-state index contributed by atoms with van der Waals surface area (Å²) in [6.07, 6.45) is 1.31. The Morgan fingerprint density at radius 3 is 2.50 bits per heavy atom. The minimum atomic E-state index is -0.635. The van der Waals surface area contributed by atoms with Crippen molar-refractivity contribution in [3.8, 4) is 0 Å². The highest BCUT2D eigenvalue weighted by Crippen LogP contribution is 2.46. The van der Waals surface area contributed by atoms with Crippen LogP contribution < -0.4 is 0 Å². The maximum absolute atomic E-state index is 13.1. The molecule has 0 radical (unpaired) electrons. The van der Waals surface area contributed by atoms with Gasteiger partial charge < -0.3 is 14.4 Å². The van der Waals surface area contributed by atoms with Crippen molar-refractivity contribution in [2.75, 3.05) is 13.2 Å². The predicted octanol–water partition coefficient (Wildman–Crippen LogP) is 4.98. The Balaban J connectivity index is 1.81. The van der Waals surface area contributed by atoms with E-state index in [1.807, 2.05) is 30.3 Å². The monoisotopic (exact) mass is 447 g/mol. The Morgan fingerprint density at radius 2 is 1.87 bits per heavy atom. The summed E-state index contributed by atoms with van der Waals surface area (Å²) in [5, 5.41) is 1.18. The number of halogens is 2. The first-order valence-electron chi connectivity index (χ1n) is 10.1. The number of rotatable bonds is 6. The smallest absolute Gasteiger partial charge is 0.329 e. The number of esters is 1. The number of amides is 1. The van der Waals surface area contributed by atoms with Gasteiger partial charge in [0.15, 0.2) is 0 Å². The van der Waals surface area contributed by atoms with E-state index in [1.165, 1.54) is 0 Å². The summed E-state index contributed by atoms with van der Waals surface area (Å²) in [6.45, 7) is 1.93. The van der Waals surface area contributed by atoms with Crippen LogP contribution in [0.15, 0.2) is 48.5 Å². The van der Waals surface area contributed by atoms with Crippen LogP contribution in [0.25, 0.3) is 0 Å². The first-order chi connectivity index (χ1) is 14.5. The largest absolute Gasteiger partial charge is 0.464 e. The highest BCUT2D eigenvalue weighted by atomic mass is 35.5. The van der Waals surface area contributed by atoms with Crippen molar-refractivity contribution in [3.63, 3.8) is 0 Å². The van der Waals surface area contributed by atoms with Crippen LogP contribution in [-0.2, 0) is 19.1 Å². The molecule has 1 amide bonds. The van der Waals surface area contributed by atoms with E-state index < -0.39 is 18.2 Å². The SMILES string of the molecule is CCOC(=O)[C@@H](C1CC1)N1C(=O)CO[C@@H](c2cccc(Cl)c2)[C@H]1c1ccc(Cl)cc1. The van der Waals surface area contributed by atoms with Gasteiger partial charge in [-0.1, -0.05) is 47.5 Å². The molecule has 2 aromatic carbocycles. The Bertz CT molecular complexity index is 929. The van der Waals surface area contributed by atoms with Crippen LogP contribution >= 0.6 is 23.2 Å². The fourth-order valence-electron chi connectivity index (χ4n) is 4.09. The van der Waals surface area contributed by atoms with Crippen LogP contribution in [0.4, 0.5) is 0 Å². The summed E-state index contributed by atoms with van der Waals surface area (Å²) in [4.78, 5) is 27.7. The topological polar surface area (TPSA) is 55.8 Å². The van der Waals surface area contributed by atoms with E-state index in [2.05, 4.69) is 0 Å². The van der Waals surface area contributed by atoms with Crippen molar-refractivity contribution in [2.24, 2.45) is 5.92 Å². The molecule has 4 rings (SSSR count). The van der Waals surface area contributed by atoms with Gasteiger partial charge in [0.1, 0.15) is 18.8 Å². The van der Waals surface area contributed by atoms with Gasteiger partial charge in [-0.05, 0) is 61.1 Å². The Hall–Kier alpha value is -2.08. The average molecular weight is 448 g/mol. The minimum absolute atomic E-state index is 0.0981. The molecule has 1 saturated heterocycles. The van der Waals surface area contributed by atoms with Gasteiger partial charge in [-0.15, -0.1) is 0 Å². The number of morpholine rings is 1. The molecule has 1 aliphatic heterocycles. The molecule has 3 atom stereocenters. The lowest BCUT2D eigenvalue weighted by molar-refractivity contribution is -0.174. The highest BCUT2D eigenvalue weighted by molar-refractivity contribution is 6.30. The van der Waals surface area contributed by atoms with E-state index in [-0.39, 0.29) is 31.0 Å². The van der Waals surface area contributed by atoms with Crippen LogP contribution in [0, 0.1) is 5.92 Å². The van der Waals surface area contributed by atoms with Gasteiger partial charge in [-0.25, -0.2) is 4.79 Å². The summed E-state index contributed by atoms with van der Waals surface area (Å²) in [5.41, 5.74) is 1.69. The predicted molar refractivity (Wildman–Crippen MR) is 114 cm³/mol. The van der Waals surface area contributed by atoms with E-state index in [9.17, 15) is 9.59 Å². The van der Waals surface area contributed by atoms with Gasteiger partial charge in [0, 0.05) is 10.0 Å². The third-order valence-electron chi connectivity index (χ3n) is 5.55. The minimum Gasteiger partial charge on any atom is -0.464 e. The third kappa shape index (κ3) is 4.34. The van der Waals surface area contributed by atoms with Crippen LogP contribution in [0.1, 0.15) is 43.0 Å². The second-order valence-corrected chi connectivity index (χ2v) is 8.49. The fraction of sp³-hybridized carbons (Fsp3) is 0.391. The number of carbonyl (C=O) groups excluding carboxylic acids is 2. The Labute approximate surface area is 185 Å². The maximum atomic E-state index is 13.1. The molecule has 0 aromatic heterocycles. The lowest BCUT2D eigenvalue weighted by Crippen LogP contribution is -2.54. The van der Waals surface area contributed by atoms with Gasteiger partial charge in [-0.2, -0.15) is 0 Å². The van der Waals surface area contributed by atoms with Crippen molar-refractivity contribution in [3.05, 3.63) is 69.7 Å². The molecule has 0 N–H and O–H groups in total. The zero-order chi connectivity index (χ0) is 21.3. The molecule has 7 heteroatoms. The van der Waals surface area contributed by atoms with Gasteiger partial charge in [0.25, 0.3) is 0 Å². The summed E-state index contributed by atoms with van der Waals surface area (Å²) < 4.78 is 11.4. The molecule has 1 saturated carbocycles. The molecular weight excluding hydrogens is 425 g/mol. The van der Waals surface area contributed by atoms with Crippen LogP contribution in [0.3, 0.4) is 0 Å². The van der Waals surface area contributed by atoms with E-state index >= 15 is 0 Å². The fourth-order valence-corrected chi connectivity index (χ4v) is 4.41. The van der Waals surface area contributed by atoms with Crippen LogP contribution in [0.5, 0.6) is 0 Å². The highest BCUT2D eigenvalue weighted by Gasteiger charge is 2.50. The summed E-state index contributed by atoms with van der Waals surface area (Å²) in [6, 6.07) is 13.6. The maximum Gasteiger partial charge on any atom is 0.329 e. The number of ether oxygens (including phenoxy) is 2. The number of nitrogens with zero attached hydrogens (tertiary/aromatic N) is 1. The molecular formula is C23H23Cl2NO4. The zero-order valence-corrected chi connectivity index (χ0v) is 18.1. The lowest BCUT2D eigenvalue weighted by atomic mass is 9.90. The summed E-state index contributed by atoms with van der Waals surface area (Å²) >= 11 is 12.3. The molecule has 2 aromatic rings. The molecule has 2 fully saturated rings. The van der Waals surface area contributed by atoms with Crippen molar-refractivity contribution >= 4 is 35.1 Å². The van der Waals surface area contributed by atoms with Crippen molar-refractivity contribution < 1.29 is 19.1 Å². The van der Waals surface area contributed by atoms with E-state index in [0.29, 0.717) is 10.0 Å². The second kappa shape index (κ2) is 8.96. The zero-order valence-electron chi connectivity index (χ0n) is 16.6. The van der Waals surface area contributed by atoms with Crippen molar-refractivity contribution in [1.29, 1.82) is 0 Å². The lowest BCUT2D eigenvalue weighted by Gasteiger charge is -2.44. The molecule has 0 bridgehead atoms. The van der Waals surface area contributed by atoms with Gasteiger partial charge in [0.2, 0.25) is 5.91 Å². The van der Waals surface area contributed by atoms with Gasteiger partial charge in [0.05, 0.1) is 12.6 Å². The summed E-state index contributed by atoms with van der Waals surface area (Å²) in [5.74, 6) is -0.488. The first kappa shape index (κ1) is 21.2. The van der Waals surface area contributed by atoms with Crippen LogP contribution in [-0.4, -0.2) is 36.0 Å². The standard InChI is InChI=1S/C23H23Cl2NO4/c1-2-29-23(28)21(15-6-7-15)26-19(27)13-30-22(16-4-3-5-18(25)12-16)20(26)14-8-10-17(24)11-9-14/h3-5,8-12,15,20-22H,2,6-7,13H2,1H3/t20-,21-,22+/m1/s1. The van der Waals surface area contributed by atoms with Crippen molar-refractivity contribution in [1.82, 2.24) is 4.90 Å². The van der Waals surface area contributed by atoms with E-state index in [4.69, 9.17) is 32.7 Å². The molecule has 1 aliphatic carbocycles. The Kier molecular flexibility index (Phi) is 6.32. The van der Waals surface area contributed by atoms with Gasteiger partial charge in [-0.3, -0.25) is 4.79 Å². The molecule has 0 unspecified atom stereocenters. The number of hydrogen-bond acceptors (Lipinski definition) is 4. The quantitative estimate of drug-likeness (QED) is 0.586. The molecule has 158 valence electrons. The normalized spacial score (nSPS) is 22.6. The average Bonchev–Trinajstić information content (AvgIpc) is 3.55. The molecule has 1 heterocycles. The molecule has 0 spiro atoms. The number of hydrogen-bond donors (Lipinski definition) is 0. The number of benzene rings is 2. The van der Waals surface area contributed by atoms with E-state index in [0.717, 1.165) is 24.0 Å². The first-order valence-corrected chi connectivity index (χ1v) is 10.9. The van der Waals surface area contributed by atoms with Crippen LogP contribution in [0.2, 0.25) is 10.0 Å². The summed E-state index contributed by atoms with van der Waals surface area (Å²) in [7, 11) is 0. The van der Waals surface area contributed by atoms with Crippen molar-refractivity contribution in [2.45, 2.75) is 38.0 Å². The molecule has 5 nitrogen and oxygen atoms in total. The number of carbonyl (C=O) groups is 2. The van der Waals surface area contributed by atoms with E-state index in [1.54, 1.807) is 30.0 Å².